The van der Waals surface area contributed by atoms with Crippen LogP contribution in [0, 0.1) is 28.4 Å². The highest BCUT2D eigenvalue weighted by atomic mass is 32.2. The predicted molar refractivity (Wildman–Crippen MR) is 152 cm³/mol. The molecule has 14 heteroatoms. The monoisotopic (exact) mass is 590 g/mol. The van der Waals surface area contributed by atoms with E-state index in [2.05, 4.69) is 14.8 Å². The second-order valence-electron chi connectivity index (χ2n) is 10.8. The summed E-state index contributed by atoms with van der Waals surface area (Å²) >= 11 is 0. The van der Waals surface area contributed by atoms with Crippen molar-refractivity contribution < 1.29 is 24.0 Å². The minimum absolute atomic E-state index is 0.169. The third-order valence-corrected chi connectivity index (χ3v) is 8.90. The number of aromatic nitrogens is 4. The van der Waals surface area contributed by atoms with Gasteiger partial charge in [-0.15, -0.1) is 15.2 Å². The molecule has 2 unspecified atom stereocenters. The van der Waals surface area contributed by atoms with Gasteiger partial charge in [-0.05, 0) is 63.6 Å². The molecule has 224 valence electrons. The molecule has 0 radical (unpaired) electrons. The first-order valence-electron chi connectivity index (χ1n) is 13.9. The van der Waals surface area contributed by atoms with Gasteiger partial charge in [0.15, 0.2) is 11.3 Å². The molecule has 0 amide bonds. The number of aryl methyl sites for hydroxylation is 2. The Morgan fingerprint density at radius 2 is 2.02 bits per heavy atom. The predicted octanol–water partition coefficient (Wildman–Crippen LogP) is 3.08. The van der Waals surface area contributed by atoms with Crippen LogP contribution in [0.15, 0.2) is 27.9 Å². The SMILES string of the molecule is CCCc1nc(C)c2c(=O)[nH]c(-c3cc(S(=O)N4CCC(CC(C)(CO)CO[N+](=O)[O-])CC4)ccc3OCC)nn12. The van der Waals surface area contributed by atoms with E-state index in [0.717, 1.165) is 19.3 Å². The van der Waals surface area contributed by atoms with Crippen LogP contribution in [-0.4, -0.2) is 71.2 Å². The lowest BCUT2D eigenvalue weighted by atomic mass is 9.79. The summed E-state index contributed by atoms with van der Waals surface area (Å²) in [5.74, 6) is 1.74. The first-order valence-corrected chi connectivity index (χ1v) is 15.0. The maximum atomic E-state index is 13.7. The van der Waals surface area contributed by atoms with Gasteiger partial charge in [0.05, 0.1) is 29.4 Å². The molecule has 1 fully saturated rings. The summed E-state index contributed by atoms with van der Waals surface area (Å²) in [5, 5.41) is 24.3. The number of nitrogens with one attached hydrogen (secondary N) is 1. The van der Waals surface area contributed by atoms with Crippen LogP contribution >= 0.6 is 0 Å². The van der Waals surface area contributed by atoms with Gasteiger partial charge in [-0.1, -0.05) is 13.8 Å². The normalized spacial score (nSPS) is 16.9. The van der Waals surface area contributed by atoms with Crippen molar-refractivity contribution in [1.29, 1.82) is 0 Å². The lowest BCUT2D eigenvalue weighted by molar-refractivity contribution is -0.761. The summed E-state index contributed by atoms with van der Waals surface area (Å²) in [6, 6.07) is 5.25. The van der Waals surface area contributed by atoms with E-state index in [4.69, 9.17) is 9.84 Å². The summed E-state index contributed by atoms with van der Waals surface area (Å²) in [6.07, 6.45) is 3.55. The second kappa shape index (κ2) is 13.1. The molecule has 3 heterocycles. The summed E-state index contributed by atoms with van der Waals surface area (Å²) in [7, 11) is -1.48. The standard InChI is InChI=1S/C27H38N6O7S/c1-5-7-23-28-18(3)24-26(35)29-25(30-32(23)24)21-14-20(8-9-22(21)39-6-2)41(38)31-12-10-19(11-13-31)15-27(4,16-34)17-40-33(36)37/h8-9,14,19,34H,5-7,10-13,15-17H2,1-4H3,(H,29,30,35). The number of H-pyrrole nitrogens is 1. The van der Waals surface area contributed by atoms with Crippen LogP contribution in [0.4, 0.5) is 0 Å². The van der Waals surface area contributed by atoms with Gasteiger partial charge in [-0.25, -0.2) is 18.0 Å². The molecule has 2 aromatic heterocycles. The Morgan fingerprint density at radius 1 is 1.29 bits per heavy atom. The number of aromatic amines is 1. The van der Waals surface area contributed by atoms with Crippen molar-refractivity contribution in [3.05, 3.63) is 50.2 Å². The molecular formula is C27H38N6O7S. The average Bonchev–Trinajstić information content (AvgIpc) is 3.27. The summed E-state index contributed by atoms with van der Waals surface area (Å²) in [5.41, 5.74) is 0.516. The minimum Gasteiger partial charge on any atom is -0.493 e. The Morgan fingerprint density at radius 3 is 2.66 bits per heavy atom. The van der Waals surface area contributed by atoms with Crippen molar-refractivity contribution >= 4 is 16.5 Å². The van der Waals surface area contributed by atoms with Gasteiger partial charge in [0.2, 0.25) is 0 Å². The van der Waals surface area contributed by atoms with E-state index in [0.29, 0.717) is 71.6 Å². The Bertz CT molecular complexity index is 1470. The Hall–Kier alpha value is -3.36. The summed E-state index contributed by atoms with van der Waals surface area (Å²) in [4.78, 5) is 36.2. The van der Waals surface area contributed by atoms with E-state index < -0.39 is 21.5 Å². The number of aliphatic hydroxyl groups excluding tert-OH is 1. The highest BCUT2D eigenvalue weighted by Gasteiger charge is 2.32. The van der Waals surface area contributed by atoms with E-state index in [1.807, 2.05) is 18.2 Å². The fourth-order valence-corrected chi connectivity index (χ4v) is 6.57. The molecule has 0 spiro atoms. The van der Waals surface area contributed by atoms with Crippen molar-refractivity contribution in [3.8, 4) is 17.1 Å². The van der Waals surface area contributed by atoms with Gasteiger partial charge in [0, 0.05) is 24.9 Å². The first kappa shape index (κ1) is 30.6. The molecular weight excluding hydrogens is 552 g/mol. The lowest BCUT2D eigenvalue weighted by Crippen LogP contribution is -2.38. The van der Waals surface area contributed by atoms with Crippen LogP contribution in [-0.2, 0) is 22.2 Å². The molecule has 1 aliphatic rings. The topological polar surface area (TPSA) is 165 Å². The highest BCUT2D eigenvalue weighted by Crippen LogP contribution is 2.34. The van der Waals surface area contributed by atoms with Gasteiger partial charge in [-0.3, -0.25) is 4.79 Å². The fourth-order valence-electron chi connectivity index (χ4n) is 5.33. The maximum absolute atomic E-state index is 13.7. The number of hydrogen-bond donors (Lipinski definition) is 2. The minimum atomic E-state index is -1.48. The van der Waals surface area contributed by atoms with Gasteiger partial charge in [0.1, 0.15) is 29.2 Å². The molecule has 4 rings (SSSR count). The van der Waals surface area contributed by atoms with Crippen LogP contribution in [0.2, 0.25) is 0 Å². The Kier molecular flexibility index (Phi) is 9.76. The van der Waals surface area contributed by atoms with Crippen LogP contribution in [0.25, 0.3) is 16.9 Å². The zero-order valence-electron chi connectivity index (χ0n) is 23.9. The third-order valence-electron chi connectivity index (χ3n) is 7.41. The quantitative estimate of drug-likeness (QED) is 0.225. The number of hydrogen-bond acceptors (Lipinski definition) is 9. The zero-order valence-corrected chi connectivity index (χ0v) is 24.7. The largest absolute Gasteiger partial charge is 0.493 e. The molecule has 0 aliphatic carbocycles. The molecule has 13 nitrogen and oxygen atoms in total. The van der Waals surface area contributed by atoms with Gasteiger partial charge < -0.3 is 19.7 Å². The van der Waals surface area contributed by atoms with Gasteiger partial charge >= 0.3 is 0 Å². The Balaban J connectivity index is 1.56. The highest BCUT2D eigenvalue weighted by molar-refractivity contribution is 7.82. The van der Waals surface area contributed by atoms with Gasteiger partial charge in [0.25, 0.3) is 10.6 Å². The number of nitrogens with zero attached hydrogens (tertiary/aromatic N) is 5. The molecule has 0 saturated carbocycles. The number of fused-ring (bicyclic) bond motifs is 1. The van der Waals surface area contributed by atoms with E-state index in [1.165, 1.54) is 0 Å². The van der Waals surface area contributed by atoms with Crippen molar-refractivity contribution in [2.24, 2.45) is 11.3 Å². The molecule has 41 heavy (non-hydrogen) atoms. The van der Waals surface area contributed by atoms with Crippen LogP contribution in [0.3, 0.4) is 0 Å². The second-order valence-corrected chi connectivity index (χ2v) is 12.3. The number of aliphatic hydroxyl groups is 1. The number of ether oxygens (including phenoxy) is 1. The molecule has 2 atom stereocenters. The van der Waals surface area contributed by atoms with Crippen LogP contribution in [0.5, 0.6) is 5.75 Å². The number of rotatable bonds is 13. The summed E-state index contributed by atoms with van der Waals surface area (Å²) in [6.45, 7) is 8.60. The van der Waals surface area contributed by atoms with Crippen LogP contribution in [0.1, 0.15) is 58.0 Å². The third kappa shape index (κ3) is 6.93. The average molecular weight is 591 g/mol. The van der Waals surface area contributed by atoms with Crippen molar-refractivity contribution in [2.75, 3.05) is 32.9 Å². The maximum Gasteiger partial charge on any atom is 0.294 e. The van der Waals surface area contributed by atoms with E-state index >= 15 is 0 Å². The van der Waals surface area contributed by atoms with Crippen molar-refractivity contribution in [3.63, 3.8) is 0 Å². The number of imidazole rings is 1. The summed E-state index contributed by atoms with van der Waals surface area (Å²) < 4.78 is 23.0. The molecule has 1 aromatic carbocycles. The van der Waals surface area contributed by atoms with Gasteiger partial charge in [-0.2, -0.15) is 0 Å². The van der Waals surface area contributed by atoms with Crippen LogP contribution < -0.4 is 10.3 Å². The molecule has 3 aromatic rings. The Labute approximate surface area is 240 Å². The smallest absolute Gasteiger partial charge is 0.294 e. The molecule has 1 aliphatic heterocycles. The van der Waals surface area contributed by atoms with Crippen molar-refractivity contribution in [2.45, 2.75) is 64.7 Å². The molecule has 1 saturated heterocycles. The number of piperidine rings is 1. The van der Waals surface area contributed by atoms with E-state index in [1.54, 1.807) is 36.6 Å². The lowest BCUT2D eigenvalue weighted by Gasteiger charge is -2.36. The van der Waals surface area contributed by atoms with Crippen molar-refractivity contribution in [1.82, 2.24) is 23.9 Å². The van der Waals surface area contributed by atoms with E-state index in [9.17, 15) is 24.2 Å². The number of benzene rings is 1. The first-order chi connectivity index (χ1) is 19.6. The fraction of sp³-hybridized carbons (Fsp3) is 0.593. The molecule has 2 N–H and O–H groups in total. The zero-order chi connectivity index (χ0) is 29.7. The van der Waals surface area contributed by atoms with E-state index in [-0.39, 0.29) is 24.7 Å². The molecule has 0 bridgehead atoms.